The van der Waals surface area contributed by atoms with Gasteiger partial charge in [-0.1, -0.05) is 119 Å². The summed E-state index contributed by atoms with van der Waals surface area (Å²) in [6, 6.07) is 9.68. The number of aromatic hydroxyl groups is 2. The Kier molecular flexibility index (Phi) is 7.95. The first-order valence-electron chi connectivity index (χ1n) is 22.6. The Hall–Kier alpha value is -1.26. The van der Waals surface area contributed by atoms with Gasteiger partial charge in [0.1, 0.15) is 11.5 Å². The molecule has 0 amide bonds. The quantitative estimate of drug-likeness (QED) is 0.280. The van der Waals surface area contributed by atoms with Crippen molar-refractivity contribution in [3.05, 3.63) is 57.6 Å². The Morgan fingerprint density at radius 3 is 1.47 bits per heavy atom. The average Bonchev–Trinajstić information content (AvgIpc) is 3.66. The summed E-state index contributed by atoms with van der Waals surface area (Å²) in [7, 11) is 0. The Morgan fingerprint density at radius 2 is 1.07 bits per heavy atom. The smallest absolute Gasteiger partial charge is 0.123 e. The molecule has 4 heteroatoms. The highest BCUT2D eigenvalue weighted by Gasteiger charge is 2.96. The molecule has 0 saturated heterocycles. The van der Waals surface area contributed by atoms with Gasteiger partial charge in [-0.25, -0.2) is 0 Å². The van der Waals surface area contributed by atoms with E-state index in [9.17, 15) is 10.2 Å². The molecule has 0 aliphatic heterocycles. The lowest BCUT2D eigenvalue weighted by Crippen LogP contribution is -2.94. The van der Waals surface area contributed by atoms with Gasteiger partial charge in [0.2, 0.25) is 0 Å². The first kappa shape index (κ1) is 38.0. The van der Waals surface area contributed by atoms with Gasteiger partial charge in [0.05, 0.1) is 0 Å². The summed E-state index contributed by atoms with van der Waals surface area (Å²) in [4.78, 5) is 0. The molecule has 9 aliphatic carbocycles. The van der Waals surface area contributed by atoms with E-state index in [1.807, 2.05) is 0 Å². The van der Waals surface area contributed by atoms with E-state index in [2.05, 4.69) is 117 Å². The number of benzene rings is 2. The Labute approximate surface area is 343 Å². The third-order valence-electron chi connectivity index (χ3n) is 19.2. The molecule has 11 rings (SSSR count). The molecule has 300 valence electrons. The van der Waals surface area contributed by atoms with E-state index in [1.54, 1.807) is 0 Å². The van der Waals surface area contributed by atoms with Crippen molar-refractivity contribution in [2.45, 2.75) is 203 Å². The van der Waals surface area contributed by atoms with Crippen LogP contribution in [0.15, 0.2) is 24.3 Å². The molecule has 4 bridgehead atoms. The van der Waals surface area contributed by atoms with Gasteiger partial charge in [0.25, 0.3) is 0 Å². The van der Waals surface area contributed by atoms with Crippen LogP contribution in [0.5, 0.6) is 11.5 Å². The number of phenolic OH excluding ortho intramolecular Hbond substituents is 2. The maximum Gasteiger partial charge on any atom is 0.123 e. The van der Waals surface area contributed by atoms with E-state index in [0.717, 1.165) is 23.3 Å². The Balaban J connectivity index is 0.930. The zero-order chi connectivity index (χ0) is 39.0. The van der Waals surface area contributed by atoms with Gasteiger partial charge in [-0.2, -0.15) is 23.5 Å². The van der Waals surface area contributed by atoms with Gasteiger partial charge < -0.3 is 10.2 Å². The van der Waals surface area contributed by atoms with Crippen LogP contribution in [0.25, 0.3) is 0 Å². The van der Waals surface area contributed by atoms with Crippen LogP contribution in [-0.4, -0.2) is 20.7 Å². The molecule has 2 aromatic rings. The fourth-order valence-corrected chi connectivity index (χ4v) is 20.6. The minimum absolute atomic E-state index is 0.0392. The van der Waals surface area contributed by atoms with Crippen LogP contribution in [0.4, 0.5) is 0 Å². The lowest BCUT2D eigenvalue weighted by molar-refractivity contribution is -0.484. The van der Waals surface area contributed by atoms with Gasteiger partial charge >= 0.3 is 0 Å². The maximum atomic E-state index is 12.4. The number of hydrogen-bond donors (Lipinski definition) is 2. The largest absolute Gasteiger partial charge is 0.507 e. The maximum absolute atomic E-state index is 12.4. The van der Waals surface area contributed by atoms with E-state index >= 15 is 0 Å². The van der Waals surface area contributed by atoms with Crippen molar-refractivity contribution < 1.29 is 10.2 Å². The number of hydrogen-bond acceptors (Lipinski definition) is 4. The molecule has 11 atom stereocenters. The molecule has 2 aromatic carbocycles. The van der Waals surface area contributed by atoms with Crippen molar-refractivity contribution in [3.8, 4) is 11.5 Å². The van der Waals surface area contributed by atoms with E-state index in [1.165, 1.54) is 123 Å². The minimum atomic E-state index is 0.0392. The van der Waals surface area contributed by atoms with E-state index in [-0.39, 0.29) is 21.7 Å². The molecule has 2 nitrogen and oxygen atoms in total. The highest BCUT2D eigenvalue weighted by atomic mass is 32.2. The number of rotatable bonds is 8. The number of phenols is 2. The van der Waals surface area contributed by atoms with Crippen molar-refractivity contribution in [1.82, 2.24) is 0 Å². The lowest BCUT2D eigenvalue weighted by atomic mass is 9.04. The predicted molar refractivity (Wildman–Crippen MR) is 234 cm³/mol. The summed E-state index contributed by atoms with van der Waals surface area (Å²) >= 11 is 4.28. The Morgan fingerprint density at radius 1 is 0.564 bits per heavy atom. The molecule has 0 radical (unpaired) electrons. The molecule has 0 heterocycles. The summed E-state index contributed by atoms with van der Waals surface area (Å²) in [6.45, 7) is 24.4. The molecular formula is C51H72O2S2. The second kappa shape index (κ2) is 11.5. The summed E-state index contributed by atoms with van der Waals surface area (Å²) in [5, 5.41) is 25.8. The lowest BCUT2D eigenvalue weighted by Gasteiger charge is -2.99. The third-order valence-corrected chi connectivity index (χ3v) is 22.3. The van der Waals surface area contributed by atoms with Crippen LogP contribution in [0.2, 0.25) is 0 Å². The molecule has 1 spiro atoms. The van der Waals surface area contributed by atoms with E-state index in [0.29, 0.717) is 49.1 Å². The summed E-state index contributed by atoms with van der Waals surface area (Å²) < 4.78 is 0. The van der Waals surface area contributed by atoms with Crippen LogP contribution in [0, 0.1) is 38.9 Å². The van der Waals surface area contributed by atoms with Gasteiger partial charge in [-0.15, -0.1) is 0 Å². The van der Waals surface area contributed by atoms with Crippen molar-refractivity contribution in [2.75, 3.05) is 0 Å². The van der Waals surface area contributed by atoms with Crippen molar-refractivity contribution in [2.24, 2.45) is 38.9 Å². The fraction of sp³-hybridized carbons (Fsp3) is 0.765. The second-order valence-electron chi connectivity index (χ2n) is 24.5. The van der Waals surface area contributed by atoms with Crippen molar-refractivity contribution in [1.29, 1.82) is 0 Å². The highest BCUT2D eigenvalue weighted by molar-refractivity contribution is 8.03. The number of thioether (sulfide) groups is 2. The molecule has 9 saturated carbocycles. The summed E-state index contributed by atoms with van der Waals surface area (Å²) in [5.74, 6) is 4.73. The Bertz CT molecular complexity index is 1940. The SMILES string of the molecule is CC(C)(C)c1cc(CSC2CCCCCCC2SCc2cc(C(C)(C)C)cc(C34CC5CC6(C)CC(C)(C3)C564)c2O)c(O)c(C23CC4CC2(C)CC4(C)C3)c1. The second-order valence-corrected chi connectivity index (χ2v) is 26.9. The zero-order valence-corrected chi connectivity index (χ0v) is 37.8. The standard InChI is InChI=1S/C51H72O2S2/c1-43(2,3)33-17-31(41(52)37(19-33)49-23-35-21-46(49,8)27-45(35,7)28-49)25-54-39-15-13-11-12-14-16-40(39)55-26-32-18-34(44(4,5)6)20-38(42(32)53)50-24-36-22-47(9)29-48(10,30-50)51(36,47)50/h17-20,35-36,39-40,52-53H,11-16,21-30H2,1-10H3. The van der Waals surface area contributed by atoms with Gasteiger partial charge in [0.15, 0.2) is 0 Å². The normalized spacial score (nSPS) is 44.8. The van der Waals surface area contributed by atoms with E-state index < -0.39 is 0 Å². The molecule has 0 aromatic heterocycles. The topological polar surface area (TPSA) is 40.5 Å². The van der Waals surface area contributed by atoms with Crippen LogP contribution in [0.3, 0.4) is 0 Å². The monoisotopic (exact) mass is 780 g/mol. The molecular weight excluding hydrogens is 709 g/mol. The predicted octanol–water partition coefficient (Wildman–Crippen LogP) is 13.9. The van der Waals surface area contributed by atoms with Crippen LogP contribution in [0.1, 0.15) is 193 Å². The summed E-state index contributed by atoms with van der Waals surface area (Å²) in [5.41, 5.74) is 10.4. The van der Waals surface area contributed by atoms with Crippen LogP contribution < -0.4 is 0 Å². The average molecular weight is 781 g/mol. The highest BCUT2D eigenvalue weighted by Crippen LogP contribution is 3.01. The zero-order valence-electron chi connectivity index (χ0n) is 36.1. The molecule has 9 aliphatic rings. The van der Waals surface area contributed by atoms with Gasteiger partial charge in [0, 0.05) is 55.1 Å². The van der Waals surface area contributed by atoms with Crippen LogP contribution >= 0.6 is 23.5 Å². The van der Waals surface area contributed by atoms with Gasteiger partial charge in [-0.05, 0) is 125 Å². The minimum Gasteiger partial charge on any atom is -0.507 e. The fourth-order valence-electron chi connectivity index (χ4n) is 17.5. The third kappa shape index (κ3) is 4.71. The van der Waals surface area contributed by atoms with Crippen molar-refractivity contribution >= 4 is 23.5 Å². The molecule has 11 unspecified atom stereocenters. The summed E-state index contributed by atoms with van der Waals surface area (Å²) in [6.07, 6.45) is 18.3. The molecule has 2 N–H and O–H groups in total. The van der Waals surface area contributed by atoms with Crippen molar-refractivity contribution in [3.63, 3.8) is 0 Å². The molecule has 55 heavy (non-hydrogen) atoms. The molecule has 9 fully saturated rings. The van der Waals surface area contributed by atoms with E-state index in [4.69, 9.17) is 0 Å². The van der Waals surface area contributed by atoms with Gasteiger partial charge in [-0.3, -0.25) is 0 Å². The van der Waals surface area contributed by atoms with Crippen LogP contribution in [-0.2, 0) is 33.2 Å². The first-order valence-corrected chi connectivity index (χ1v) is 24.7. The first-order chi connectivity index (χ1) is 25.6.